The number of carbonyl (C=O) groups is 4. The first-order valence-electron chi connectivity index (χ1n) is 15.9. The average molecular weight is 651 g/mol. The van der Waals surface area contributed by atoms with Crippen LogP contribution >= 0.6 is 11.6 Å². The number of piperidine rings is 2. The Morgan fingerprint density at radius 3 is 2.46 bits per heavy atom. The number of amides is 2. The van der Waals surface area contributed by atoms with Crippen LogP contribution in [0.25, 0.3) is 11.1 Å². The summed E-state index contributed by atoms with van der Waals surface area (Å²) in [5.74, 6) is -1.48. The molecule has 3 heterocycles. The number of hydrogen-bond acceptors (Lipinski definition) is 8. The number of likely N-dealkylation sites (tertiary alicyclic amines) is 2. The van der Waals surface area contributed by atoms with E-state index in [-0.39, 0.29) is 24.2 Å². The summed E-state index contributed by atoms with van der Waals surface area (Å²) in [6.07, 6.45) is 6.87. The summed E-state index contributed by atoms with van der Waals surface area (Å²) in [6, 6.07) is 8.95. The van der Waals surface area contributed by atoms with Gasteiger partial charge in [-0.3, -0.25) is 19.4 Å². The van der Waals surface area contributed by atoms with Gasteiger partial charge in [0, 0.05) is 56.5 Å². The van der Waals surface area contributed by atoms with Crippen molar-refractivity contribution < 1.29 is 28.7 Å². The number of pyridine rings is 1. The van der Waals surface area contributed by atoms with Crippen LogP contribution in [-0.2, 0) is 23.9 Å². The number of aromatic nitrogens is 1. The van der Waals surface area contributed by atoms with Crippen LogP contribution in [0, 0.1) is 23.2 Å². The molecule has 0 spiro atoms. The fraction of sp³-hybridized carbons (Fsp3) is 0.543. The van der Waals surface area contributed by atoms with Crippen molar-refractivity contribution in [2.45, 2.75) is 77.2 Å². The first-order chi connectivity index (χ1) is 21.9. The third-order valence-corrected chi connectivity index (χ3v) is 9.06. The molecule has 1 aromatic carbocycles. The van der Waals surface area contributed by atoms with E-state index in [0.29, 0.717) is 78.6 Å². The van der Waals surface area contributed by atoms with Crippen LogP contribution < -0.4 is 0 Å². The van der Waals surface area contributed by atoms with E-state index in [0.717, 1.165) is 19.3 Å². The molecule has 0 bridgehead atoms. The number of nitriles is 1. The quantitative estimate of drug-likeness (QED) is 0.295. The lowest BCUT2D eigenvalue weighted by Crippen LogP contribution is -2.44. The lowest BCUT2D eigenvalue weighted by atomic mass is 9.81. The molecule has 0 aliphatic carbocycles. The topological polar surface area (TPSA) is 130 Å². The fourth-order valence-corrected chi connectivity index (χ4v) is 6.33. The summed E-state index contributed by atoms with van der Waals surface area (Å²) < 4.78 is 10.4. The van der Waals surface area contributed by atoms with Gasteiger partial charge in [-0.15, -0.1) is 0 Å². The lowest BCUT2D eigenvalue weighted by molar-refractivity contribution is -0.144. The maximum atomic E-state index is 14.0. The molecule has 10 nitrogen and oxygen atoms in total. The number of benzene rings is 1. The number of hydrogen-bond donors (Lipinski definition) is 0. The predicted octanol–water partition coefficient (Wildman–Crippen LogP) is 6.16. The average Bonchev–Trinajstić information content (AvgIpc) is 3.05. The molecule has 0 N–H and O–H groups in total. The number of Topliss-reactive ketones (excluding diaryl/α,β-unsaturated/α-hetero) is 1. The molecule has 1 unspecified atom stereocenters. The van der Waals surface area contributed by atoms with E-state index in [4.69, 9.17) is 21.1 Å². The molecular weight excluding hydrogens is 608 g/mol. The van der Waals surface area contributed by atoms with Crippen molar-refractivity contribution in [3.8, 4) is 17.2 Å². The van der Waals surface area contributed by atoms with Crippen LogP contribution in [0.4, 0.5) is 4.79 Å². The van der Waals surface area contributed by atoms with Crippen molar-refractivity contribution in [3.05, 3.63) is 52.8 Å². The molecule has 0 radical (unpaired) electrons. The van der Waals surface area contributed by atoms with E-state index < -0.39 is 23.4 Å². The van der Waals surface area contributed by atoms with E-state index in [9.17, 15) is 24.4 Å². The maximum absolute atomic E-state index is 14.0. The first-order valence-corrected chi connectivity index (χ1v) is 16.3. The standard InChI is InChI=1S/C35H43ClN4O6/c1-35(2,3)46-34(44)39-14-11-23(12-15-39)7-10-31(41)40-13-5-6-25(22-40)33(43)29(18-32(42)45-4)28-17-27(20-38-21-28)24-8-9-30(36)26(16-24)19-37/h8-9,16-17,20-21,23,25,29H,5-7,10-15,18,22H2,1-4H3/t25-,29?/m1/s1. The molecule has 0 saturated carbocycles. The number of methoxy groups -OCH3 is 1. The van der Waals surface area contributed by atoms with Crippen LogP contribution in [0.2, 0.25) is 5.02 Å². The van der Waals surface area contributed by atoms with Gasteiger partial charge in [0.1, 0.15) is 17.5 Å². The summed E-state index contributed by atoms with van der Waals surface area (Å²) in [7, 11) is 1.29. The smallest absolute Gasteiger partial charge is 0.410 e. The highest BCUT2D eigenvalue weighted by atomic mass is 35.5. The minimum atomic E-state index is -0.794. The van der Waals surface area contributed by atoms with Gasteiger partial charge in [0.05, 0.1) is 30.0 Å². The summed E-state index contributed by atoms with van der Waals surface area (Å²) in [5, 5.41) is 9.75. The van der Waals surface area contributed by atoms with Crippen LogP contribution in [-0.4, -0.2) is 77.4 Å². The number of ether oxygens (including phenoxy) is 2. The third kappa shape index (κ3) is 9.29. The molecule has 1 aromatic heterocycles. The summed E-state index contributed by atoms with van der Waals surface area (Å²) in [5.41, 5.74) is 1.76. The van der Waals surface area contributed by atoms with E-state index in [1.165, 1.54) is 7.11 Å². The largest absolute Gasteiger partial charge is 0.469 e. The highest BCUT2D eigenvalue weighted by Crippen LogP contribution is 2.33. The van der Waals surface area contributed by atoms with Gasteiger partial charge in [-0.05, 0) is 88.1 Å². The van der Waals surface area contributed by atoms with Crippen LogP contribution in [0.3, 0.4) is 0 Å². The number of nitrogens with zero attached hydrogens (tertiary/aromatic N) is 4. The van der Waals surface area contributed by atoms with Crippen LogP contribution in [0.5, 0.6) is 0 Å². The van der Waals surface area contributed by atoms with Crippen molar-refractivity contribution in [1.82, 2.24) is 14.8 Å². The third-order valence-electron chi connectivity index (χ3n) is 8.73. The molecule has 2 amide bonds. The number of halogens is 1. The van der Waals surface area contributed by atoms with E-state index >= 15 is 0 Å². The molecule has 2 aliphatic rings. The minimum absolute atomic E-state index is 0.0243. The van der Waals surface area contributed by atoms with Gasteiger partial charge in [-0.1, -0.05) is 17.7 Å². The Balaban J connectivity index is 1.39. The van der Waals surface area contributed by atoms with E-state index in [1.54, 1.807) is 40.4 Å². The Labute approximate surface area is 276 Å². The summed E-state index contributed by atoms with van der Waals surface area (Å²) in [6.45, 7) is 7.69. The second-order valence-corrected chi connectivity index (χ2v) is 13.6. The highest BCUT2D eigenvalue weighted by Gasteiger charge is 2.35. The van der Waals surface area contributed by atoms with Gasteiger partial charge in [0.15, 0.2) is 0 Å². The van der Waals surface area contributed by atoms with Gasteiger partial charge < -0.3 is 19.3 Å². The zero-order valence-electron chi connectivity index (χ0n) is 27.1. The Kier molecular flexibility index (Phi) is 11.8. The van der Waals surface area contributed by atoms with Crippen molar-refractivity contribution in [1.29, 1.82) is 5.26 Å². The van der Waals surface area contributed by atoms with Gasteiger partial charge in [0.25, 0.3) is 0 Å². The van der Waals surface area contributed by atoms with E-state index in [1.807, 2.05) is 26.8 Å². The van der Waals surface area contributed by atoms with Crippen LogP contribution in [0.15, 0.2) is 36.7 Å². The molecule has 11 heteroatoms. The molecule has 2 aromatic rings. The lowest BCUT2D eigenvalue weighted by Gasteiger charge is -2.35. The normalized spacial score (nSPS) is 18.0. The molecule has 246 valence electrons. The molecule has 4 rings (SSSR count). The minimum Gasteiger partial charge on any atom is -0.469 e. The Hall–Kier alpha value is -3.97. The molecule has 46 heavy (non-hydrogen) atoms. The van der Waals surface area contributed by atoms with Gasteiger partial charge in [0.2, 0.25) is 5.91 Å². The second kappa shape index (κ2) is 15.5. The van der Waals surface area contributed by atoms with Crippen molar-refractivity contribution >= 4 is 35.4 Å². The van der Waals surface area contributed by atoms with Gasteiger partial charge in [-0.25, -0.2) is 4.79 Å². The van der Waals surface area contributed by atoms with Crippen molar-refractivity contribution in [2.75, 3.05) is 33.3 Å². The molecule has 2 saturated heterocycles. The summed E-state index contributed by atoms with van der Waals surface area (Å²) >= 11 is 6.11. The zero-order chi connectivity index (χ0) is 33.4. The molecule has 2 fully saturated rings. The maximum Gasteiger partial charge on any atom is 0.410 e. The monoisotopic (exact) mass is 650 g/mol. The first kappa shape index (κ1) is 34.9. The Bertz CT molecular complexity index is 1470. The molecular formula is C35H43ClN4O6. The Morgan fingerprint density at radius 1 is 1.04 bits per heavy atom. The van der Waals surface area contributed by atoms with E-state index in [2.05, 4.69) is 11.1 Å². The van der Waals surface area contributed by atoms with Crippen molar-refractivity contribution in [3.63, 3.8) is 0 Å². The van der Waals surface area contributed by atoms with Crippen LogP contribution in [0.1, 0.15) is 82.8 Å². The number of rotatable bonds is 9. The predicted molar refractivity (Wildman–Crippen MR) is 173 cm³/mol. The number of ketones is 1. The number of carbonyl (C=O) groups excluding carboxylic acids is 4. The highest BCUT2D eigenvalue weighted by molar-refractivity contribution is 6.31. The van der Waals surface area contributed by atoms with Gasteiger partial charge in [-0.2, -0.15) is 5.26 Å². The van der Waals surface area contributed by atoms with Gasteiger partial charge >= 0.3 is 12.1 Å². The fourth-order valence-electron chi connectivity index (χ4n) is 6.17. The summed E-state index contributed by atoms with van der Waals surface area (Å²) in [4.78, 5) is 60.0. The second-order valence-electron chi connectivity index (χ2n) is 13.2. The zero-order valence-corrected chi connectivity index (χ0v) is 27.8. The molecule has 2 atom stereocenters. The Morgan fingerprint density at radius 2 is 1.78 bits per heavy atom. The molecule has 2 aliphatic heterocycles. The van der Waals surface area contributed by atoms with Crippen molar-refractivity contribution in [2.24, 2.45) is 11.8 Å². The SMILES string of the molecule is COC(=O)CC(C(=O)[C@@H]1CCCN(C(=O)CCC2CCN(C(=O)OC(C)(C)C)CC2)C1)c1cncc(-c2ccc(Cl)c(C#N)c2)c1. The number of esters is 1.